The summed E-state index contributed by atoms with van der Waals surface area (Å²) in [5, 5.41) is 70.4. The highest BCUT2D eigenvalue weighted by atomic mass is 16.7. The molecule has 11 atom stereocenters. The molecule has 0 amide bonds. The van der Waals surface area contributed by atoms with Gasteiger partial charge in [0.25, 0.3) is 0 Å². The Bertz CT molecular complexity index is 564. The molecule has 2 saturated heterocycles. The first-order chi connectivity index (χ1) is 16.7. The van der Waals surface area contributed by atoms with Crippen LogP contribution in [0.3, 0.4) is 0 Å². The van der Waals surface area contributed by atoms with E-state index in [1.165, 1.54) is 38.5 Å². The van der Waals surface area contributed by atoms with Crippen LogP contribution < -0.4 is 0 Å². The summed E-state index contributed by atoms with van der Waals surface area (Å²) in [6.45, 7) is 2.82. The third kappa shape index (κ3) is 8.82. The van der Waals surface area contributed by atoms with Crippen LogP contribution >= 0.6 is 0 Å². The SMILES string of the molecule is CCCCCCCCCC[C@@H](C)O[C@@H]1OC(CO)[C@@H](O[C@H]2OC(CO)[C@@H](O)C(O)C2O)C(O)C1O. The Balaban J connectivity index is 1.84. The molecule has 7 N–H and O–H groups in total. The van der Waals surface area contributed by atoms with E-state index in [1.807, 2.05) is 6.92 Å². The highest BCUT2D eigenvalue weighted by Crippen LogP contribution is 2.30. The molecule has 0 spiro atoms. The van der Waals surface area contributed by atoms with Gasteiger partial charge in [-0.2, -0.15) is 0 Å². The van der Waals surface area contributed by atoms with Gasteiger partial charge in [0.05, 0.1) is 19.3 Å². The topological polar surface area (TPSA) is 179 Å². The molecule has 0 aromatic rings. The zero-order chi connectivity index (χ0) is 26.0. The lowest BCUT2D eigenvalue weighted by Crippen LogP contribution is -2.64. The minimum atomic E-state index is -1.70. The lowest BCUT2D eigenvalue weighted by atomic mass is 9.97. The van der Waals surface area contributed by atoms with Gasteiger partial charge in [0.2, 0.25) is 0 Å². The molecule has 0 aromatic heterocycles. The predicted molar refractivity (Wildman–Crippen MR) is 124 cm³/mol. The van der Waals surface area contributed by atoms with Gasteiger partial charge in [-0.25, -0.2) is 0 Å². The van der Waals surface area contributed by atoms with E-state index < -0.39 is 74.6 Å². The second-order valence-electron chi connectivity index (χ2n) is 9.71. The molecule has 0 saturated carbocycles. The molecule has 2 aliphatic rings. The van der Waals surface area contributed by atoms with Crippen LogP contribution in [0.2, 0.25) is 0 Å². The van der Waals surface area contributed by atoms with Crippen LogP contribution in [0.1, 0.15) is 71.6 Å². The molecular formula is C24H46O11. The average Bonchev–Trinajstić information content (AvgIpc) is 2.85. The first-order valence-electron chi connectivity index (χ1n) is 13.0. The van der Waals surface area contributed by atoms with Crippen molar-refractivity contribution in [3.05, 3.63) is 0 Å². The monoisotopic (exact) mass is 510 g/mol. The van der Waals surface area contributed by atoms with E-state index in [2.05, 4.69) is 6.92 Å². The molecule has 0 bridgehead atoms. The summed E-state index contributed by atoms with van der Waals surface area (Å²) in [4.78, 5) is 0. The largest absolute Gasteiger partial charge is 0.394 e. The van der Waals surface area contributed by atoms with Crippen molar-refractivity contribution < 1.29 is 54.7 Å². The van der Waals surface area contributed by atoms with E-state index in [9.17, 15) is 35.7 Å². The Morgan fingerprint density at radius 1 is 0.657 bits per heavy atom. The molecule has 2 fully saturated rings. The van der Waals surface area contributed by atoms with E-state index in [1.54, 1.807) is 0 Å². The maximum Gasteiger partial charge on any atom is 0.187 e. The van der Waals surface area contributed by atoms with Crippen molar-refractivity contribution in [1.82, 2.24) is 0 Å². The van der Waals surface area contributed by atoms with E-state index in [0.29, 0.717) is 0 Å². The second-order valence-corrected chi connectivity index (χ2v) is 9.71. The Morgan fingerprint density at radius 3 is 1.80 bits per heavy atom. The van der Waals surface area contributed by atoms with E-state index in [4.69, 9.17) is 18.9 Å². The minimum absolute atomic E-state index is 0.246. The Kier molecular flexibility index (Phi) is 13.8. The fraction of sp³-hybridized carbons (Fsp3) is 1.00. The summed E-state index contributed by atoms with van der Waals surface area (Å²) in [7, 11) is 0. The number of hydrogen-bond acceptors (Lipinski definition) is 11. The van der Waals surface area contributed by atoms with Crippen molar-refractivity contribution in [3.8, 4) is 0 Å². The molecule has 208 valence electrons. The molecule has 2 rings (SSSR count). The maximum atomic E-state index is 10.7. The van der Waals surface area contributed by atoms with Gasteiger partial charge in [0, 0.05) is 0 Å². The van der Waals surface area contributed by atoms with Crippen LogP contribution in [-0.4, -0.2) is 116 Å². The number of hydrogen-bond donors (Lipinski definition) is 7. The molecule has 6 unspecified atom stereocenters. The van der Waals surface area contributed by atoms with Gasteiger partial charge in [-0.05, 0) is 13.3 Å². The number of aliphatic hydroxyl groups excluding tert-OH is 7. The zero-order valence-electron chi connectivity index (χ0n) is 20.9. The fourth-order valence-corrected chi connectivity index (χ4v) is 4.53. The summed E-state index contributed by atoms with van der Waals surface area (Å²) in [5.74, 6) is 0. The van der Waals surface area contributed by atoms with Crippen LogP contribution in [0.25, 0.3) is 0 Å². The summed E-state index contributed by atoms with van der Waals surface area (Å²) in [6, 6.07) is 0. The van der Waals surface area contributed by atoms with Crippen molar-refractivity contribution in [1.29, 1.82) is 0 Å². The number of aliphatic hydroxyl groups is 7. The van der Waals surface area contributed by atoms with Gasteiger partial charge in [-0.3, -0.25) is 0 Å². The van der Waals surface area contributed by atoms with E-state index in [0.717, 1.165) is 19.3 Å². The molecule has 0 aliphatic carbocycles. The molecule has 2 heterocycles. The van der Waals surface area contributed by atoms with Crippen LogP contribution in [0.5, 0.6) is 0 Å². The highest BCUT2D eigenvalue weighted by Gasteiger charge is 2.50. The van der Waals surface area contributed by atoms with Crippen molar-refractivity contribution in [3.63, 3.8) is 0 Å². The molecule has 35 heavy (non-hydrogen) atoms. The lowest BCUT2D eigenvalue weighted by Gasteiger charge is -2.46. The Morgan fingerprint density at radius 2 is 1.20 bits per heavy atom. The van der Waals surface area contributed by atoms with Gasteiger partial charge < -0.3 is 54.7 Å². The highest BCUT2D eigenvalue weighted by molar-refractivity contribution is 4.94. The van der Waals surface area contributed by atoms with Crippen molar-refractivity contribution in [2.45, 2.75) is 139 Å². The van der Waals surface area contributed by atoms with Gasteiger partial charge in [-0.1, -0.05) is 58.3 Å². The minimum Gasteiger partial charge on any atom is -0.394 e. The normalized spacial score (nSPS) is 39.0. The van der Waals surface area contributed by atoms with Gasteiger partial charge in [-0.15, -0.1) is 0 Å². The second kappa shape index (κ2) is 15.7. The molecular weight excluding hydrogens is 464 g/mol. The summed E-state index contributed by atoms with van der Waals surface area (Å²) in [5.41, 5.74) is 0. The molecule has 2 aliphatic heterocycles. The fourth-order valence-electron chi connectivity index (χ4n) is 4.53. The summed E-state index contributed by atoms with van der Waals surface area (Å²) < 4.78 is 22.3. The molecule has 11 heteroatoms. The van der Waals surface area contributed by atoms with Crippen molar-refractivity contribution >= 4 is 0 Å². The lowest BCUT2D eigenvalue weighted by molar-refractivity contribution is -0.362. The molecule has 0 aromatic carbocycles. The Labute approximate surface area is 207 Å². The first-order valence-corrected chi connectivity index (χ1v) is 13.0. The van der Waals surface area contributed by atoms with Crippen LogP contribution in [0, 0.1) is 0 Å². The maximum absolute atomic E-state index is 10.7. The van der Waals surface area contributed by atoms with Gasteiger partial charge >= 0.3 is 0 Å². The van der Waals surface area contributed by atoms with Crippen LogP contribution in [0.4, 0.5) is 0 Å². The van der Waals surface area contributed by atoms with E-state index >= 15 is 0 Å². The van der Waals surface area contributed by atoms with Gasteiger partial charge in [0.1, 0.15) is 48.8 Å². The Hall–Kier alpha value is -0.440. The first kappa shape index (κ1) is 30.8. The number of unbranched alkanes of at least 4 members (excludes halogenated alkanes) is 7. The predicted octanol–water partition coefficient (Wildman–Crippen LogP) is -0.454. The quantitative estimate of drug-likeness (QED) is 0.142. The molecule has 0 radical (unpaired) electrons. The number of ether oxygens (including phenoxy) is 4. The van der Waals surface area contributed by atoms with Crippen molar-refractivity contribution in [2.24, 2.45) is 0 Å². The van der Waals surface area contributed by atoms with Crippen LogP contribution in [0.15, 0.2) is 0 Å². The van der Waals surface area contributed by atoms with Gasteiger partial charge in [0.15, 0.2) is 12.6 Å². The third-order valence-corrected chi connectivity index (χ3v) is 6.79. The summed E-state index contributed by atoms with van der Waals surface area (Å²) >= 11 is 0. The number of rotatable bonds is 15. The standard InChI is InChI=1S/C24H46O11/c1-3-4-5-6-7-8-9-10-11-14(2)32-23-21(31)19(29)22(16(13-26)34-23)35-24-20(30)18(28)17(27)15(12-25)33-24/h14-31H,3-13H2,1-2H3/t14-,15?,16?,17-,18?,19?,20?,21?,22-,23-,24-/m1/s1. The third-order valence-electron chi connectivity index (χ3n) is 6.79. The zero-order valence-corrected chi connectivity index (χ0v) is 20.9. The van der Waals surface area contributed by atoms with Crippen molar-refractivity contribution in [2.75, 3.05) is 13.2 Å². The molecule has 11 nitrogen and oxygen atoms in total. The summed E-state index contributed by atoms with van der Waals surface area (Å²) in [6.07, 6.45) is -4.40. The average molecular weight is 511 g/mol. The smallest absolute Gasteiger partial charge is 0.187 e. The van der Waals surface area contributed by atoms with Crippen LogP contribution in [-0.2, 0) is 18.9 Å². The van der Waals surface area contributed by atoms with E-state index in [-0.39, 0.29) is 6.10 Å².